The van der Waals surface area contributed by atoms with Crippen molar-refractivity contribution in [2.75, 3.05) is 0 Å². The number of hydrogen-bond acceptors (Lipinski definition) is 3. The van der Waals surface area contributed by atoms with Gasteiger partial charge in [-0.1, -0.05) is 0 Å². The Hall–Kier alpha value is -0.110. The highest BCUT2D eigenvalue weighted by Crippen LogP contribution is 2.34. The summed E-state index contributed by atoms with van der Waals surface area (Å²) in [6.07, 6.45) is -16.2. The minimum absolute atomic E-state index is 1.96. The third-order valence-corrected chi connectivity index (χ3v) is 1.62. The summed E-state index contributed by atoms with van der Waals surface area (Å²) in [5.74, 6) is 0. The lowest BCUT2D eigenvalue weighted by atomic mass is 10.2. The van der Waals surface area contributed by atoms with Crippen molar-refractivity contribution in [1.82, 2.24) is 0 Å². The maximum Gasteiger partial charge on any atom is 0.391 e. The summed E-state index contributed by atoms with van der Waals surface area (Å²) in [4.78, 5) is 19.7. The van der Waals surface area contributed by atoms with Crippen molar-refractivity contribution in [2.45, 2.75) is 31.3 Å². The summed E-state index contributed by atoms with van der Waals surface area (Å²) in [6, 6.07) is 0. The summed E-state index contributed by atoms with van der Waals surface area (Å²) >= 11 is 0. The molecule has 15 heavy (non-hydrogen) atoms. The molecule has 0 saturated heterocycles. The van der Waals surface area contributed by atoms with Gasteiger partial charge in [-0.2, -0.15) is 34.9 Å². The summed E-state index contributed by atoms with van der Waals surface area (Å²) < 4.78 is 73.6. The summed E-state index contributed by atoms with van der Waals surface area (Å²) in [6.45, 7) is 0. The third kappa shape index (κ3) is 10.2. The minimum atomic E-state index is -4.92. The molecule has 0 spiro atoms. The molecule has 0 aliphatic heterocycles. The smallest absolute Gasteiger partial charge is 0.391 e. The highest BCUT2D eigenvalue weighted by atomic mass is 31.2. The van der Waals surface area contributed by atoms with Crippen LogP contribution in [0.4, 0.5) is 26.3 Å². The second-order valence-corrected chi connectivity index (χ2v) is 3.25. The van der Waals surface area contributed by atoms with Crippen LogP contribution in [0, 0.1) is 0 Å². The standard InChI is InChI=1S/C5H5F6O3P/c6-4(7,8)1-3(14-15(12)13)2-5(9,10)11/h3H,1-2H2/q-2. The second kappa shape index (κ2) is 5.29. The van der Waals surface area contributed by atoms with Crippen LogP contribution in [-0.4, -0.2) is 18.5 Å². The van der Waals surface area contributed by atoms with E-state index in [0.717, 1.165) is 0 Å². The van der Waals surface area contributed by atoms with Crippen LogP contribution in [0.1, 0.15) is 12.8 Å². The molecule has 0 aliphatic rings. The van der Waals surface area contributed by atoms with Gasteiger partial charge in [0.1, 0.15) is 0 Å². The van der Waals surface area contributed by atoms with Gasteiger partial charge in [0.15, 0.2) is 0 Å². The van der Waals surface area contributed by atoms with E-state index < -0.39 is 39.9 Å². The number of alkyl halides is 6. The zero-order valence-corrected chi connectivity index (χ0v) is 7.83. The summed E-state index contributed by atoms with van der Waals surface area (Å²) in [5.41, 5.74) is 0. The molecular weight excluding hydrogens is 253 g/mol. The van der Waals surface area contributed by atoms with E-state index >= 15 is 0 Å². The fraction of sp³-hybridized carbons (Fsp3) is 1.00. The van der Waals surface area contributed by atoms with Gasteiger partial charge in [-0.05, 0) is 0 Å². The molecule has 92 valence electrons. The Morgan fingerprint density at radius 3 is 1.47 bits per heavy atom. The average molecular weight is 258 g/mol. The molecule has 0 heterocycles. The largest absolute Gasteiger partial charge is 0.820 e. The van der Waals surface area contributed by atoms with Crippen LogP contribution in [0.5, 0.6) is 0 Å². The topological polar surface area (TPSA) is 55.3 Å². The van der Waals surface area contributed by atoms with E-state index in [4.69, 9.17) is 0 Å². The van der Waals surface area contributed by atoms with Crippen LogP contribution in [0.2, 0.25) is 0 Å². The summed E-state index contributed by atoms with van der Waals surface area (Å²) in [5, 5.41) is 0. The predicted molar refractivity (Wildman–Crippen MR) is 33.1 cm³/mol. The Morgan fingerprint density at radius 2 is 1.27 bits per heavy atom. The van der Waals surface area contributed by atoms with Crippen molar-refractivity contribution in [3.05, 3.63) is 0 Å². The first-order valence-electron chi connectivity index (χ1n) is 3.44. The van der Waals surface area contributed by atoms with E-state index in [0.29, 0.717) is 0 Å². The van der Waals surface area contributed by atoms with Crippen LogP contribution in [0.15, 0.2) is 0 Å². The van der Waals surface area contributed by atoms with Gasteiger partial charge in [0.05, 0.1) is 18.9 Å². The molecule has 3 nitrogen and oxygen atoms in total. The van der Waals surface area contributed by atoms with Gasteiger partial charge in [-0.15, -0.1) is 0 Å². The normalized spacial score (nSPS) is 14.0. The minimum Gasteiger partial charge on any atom is -0.820 e. The number of rotatable bonds is 4. The number of hydrogen-bond donors (Lipinski definition) is 0. The average Bonchev–Trinajstić information content (AvgIpc) is 1.73. The van der Waals surface area contributed by atoms with Crippen LogP contribution in [-0.2, 0) is 4.52 Å². The van der Waals surface area contributed by atoms with E-state index in [-0.39, 0.29) is 0 Å². The molecule has 0 aromatic heterocycles. The molecule has 0 aromatic carbocycles. The maximum absolute atomic E-state index is 11.7. The molecule has 0 fully saturated rings. The fourth-order valence-electron chi connectivity index (χ4n) is 0.785. The Bertz CT molecular complexity index is 174. The van der Waals surface area contributed by atoms with E-state index in [9.17, 15) is 36.1 Å². The zero-order chi connectivity index (χ0) is 12.3. The van der Waals surface area contributed by atoms with Gasteiger partial charge < -0.3 is 14.3 Å². The Kier molecular flexibility index (Phi) is 5.25. The second-order valence-electron chi connectivity index (χ2n) is 2.59. The highest BCUT2D eigenvalue weighted by Gasteiger charge is 2.39. The fourth-order valence-corrected chi connectivity index (χ4v) is 1.18. The Labute approximate surface area is 81.7 Å². The van der Waals surface area contributed by atoms with E-state index in [1.807, 2.05) is 0 Å². The maximum atomic E-state index is 11.7. The highest BCUT2D eigenvalue weighted by molar-refractivity contribution is 7.36. The van der Waals surface area contributed by atoms with Crippen molar-refractivity contribution in [2.24, 2.45) is 0 Å². The lowest BCUT2D eigenvalue weighted by Crippen LogP contribution is -2.29. The molecule has 0 bridgehead atoms. The zero-order valence-electron chi connectivity index (χ0n) is 6.93. The van der Waals surface area contributed by atoms with Crippen LogP contribution in [0.25, 0.3) is 0 Å². The van der Waals surface area contributed by atoms with Gasteiger partial charge >= 0.3 is 12.4 Å². The van der Waals surface area contributed by atoms with Gasteiger partial charge in [-0.3, -0.25) is 0 Å². The van der Waals surface area contributed by atoms with Gasteiger partial charge in [-0.25, -0.2) is 0 Å². The molecule has 0 unspecified atom stereocenters. The summed E-state index contributed by atoms with van der Waals surface area (Å²) in [7, 11) is -3.75. The van der Waals surface area contributed by atoms with Gasteiger partial charge in [0.25, 0.3) is 0 Å². The van der Waals surface area contributed by atoms with Crippen LogP contribution in [0.3, 0.4) is 0 Å². The van der Waals surface area contributed by atoms with Gasteiger partial charge in [0, 0.05) is 0 Å². The molecule has 10 heteroatoms. The molecule has 0 radical (unpaired) electrons. The van der Waals surface area contributed by atoms with Crippen molar-refractivity contribution in [3.8, 4) is 0 Å². The van der Waals surface area contributed by atoms with Crippen LogP contribution < -0.4 is 9.79 Å². The SMILES string of the molecule is [O-]P([O-])OC(CC(F)(F)F)CC(F)(F)F. The molecule has 0 atom stereocenters. The first kappa shape index (κ1) is 14.9. The molecule has 0 N–H and O–H groups in total. The first-order valence-corrected chi connectivity index (χ1v) is 4.54. The monoisotopic (exact) mass is 258 g/mol. The molecule has 0 aromatic rings. The molecule has 0 saturated carbocycles. The Balaban J connectivity index is 4.32. The van der Waals surface area contributed by atoms with Gasteiger partial charge in [0.2, 0.25) is 0 Å². The van der Waals surface area contributed by atoms with E-state index in [1.165, 1.54) is 0 Å². The quantitative estimate of drug-likeness (QED) is 0.562. The molecule has 0 amide bonds. The predicted octanol–water partition coefficient (Wildman–Crippen LogP) is 1.22. The molecule has 0 rings (SSSR count). The molecular formula is C5H5F6O3P-2. The van der Waals surface area contributed by atoms with Crippen LogP contribution >= 0.6 is 8.60 Å². The van der Waals surface area contributed by atoms with E-state index in [2.05, 4.69) is 4.52 Å². The first-order chi connectivity index (χ1) is 6.49. The number of halogens is 6. The lowest BCUT2D eigenvalue weighted by Gasteiger charge is -2.34. The van der Waals surface area contributed by atoms with Crippen molar-refractivity contribution >= 4 is 8.60 Å². The van der Waals surface area contributed by atoms with Crippen molar-refractivity contribution in [1.29, 1.82) is 0 Å². The van der Waals surface area contributed by atoms with Crippen molar-refractivity contribution < 1.29 is 40.7 Å². The lowest BCUT2D eigenvalue weighted by molar-refractivity contribution is -0.324. The van der Waals surface area contributed by atoms with E-state index in [1.54, 1.807) is 0 Å². The third-order valence-electron chi connectivity index (χ3n) is 1.15. The Morgan fingerprint density at radius 1 is 0.933 bits per heavy atom. The molecule has 0 aliphatic carbocycles. The van der Waals surface area contributed by atoms with Crippen molar-refractivity contribution in [3.63, 3.8) is 0 Å².